The molecule has 4 heterocycles. The molecule has 2 saturated heterocycles. The number of methoxy groups -OCH3 is 1. The van der Waals surface area contributed by atoms with Crippen LogP contribution in [0.2, 0.25) is 0 Å². The Balaban J connectivity index is 1.67. The Morgan fingerprint density at radius 2 is 2.11 bits per heavy atom. The lowest BCUT2D eigenvalue weighted by Crippen LogP contribution is -2.39. The third-order valence-corrected chi connectivity index (χ3v) is 7.36. The zero-order chi connectivity index (χ0) is 24.4. The fraction of sp³-hybridized carbons (Fsp3) is 0.500. The molecule has 1 aromatic carbocycles. The van der Waals surface area contributed by atoms with Crippen molar-refractivity contribution in [3.63, 3.8) is 0 Å². The molecule has 10 nitrogen and oxygen atoms in total. The van der Waals surface area contributed by atoms with Gasteiger partial charge < -0.3 is 25.2 Å². The van der Waals surface area contributed by atoms with Crippen LogP contribution in [0.1, 0.15) is 50.2 Å². The normalized spacial score (nSPS) is 20.0. The van der Waals surface area contributed by atoms with Gasteiger partial charge in [0.25, 0.3) is 0 Å². The first kappa shape index (κ1) is 24.0. The van der Waals surface area contributed by atoms with Gasteiger partial charge in [0, 0.05) is 12.2 Å². The molecule has 2 aliphatic rings. The number of ether oxygens (including phenoxy) is 2. The maximum Gasteiger partial charge on any atom is 0.405 e. The van der Waals surface area contributed by atoms with E-state index in [1.54, 1.807) is 13.4 Å². The summed E-state index contributed by atoms with van der Waals surface area (Å²) in [6.45, 7) is 2.35. The van der Waals surface area contributed by atoms with Gasteiger partial charge in [-0.1, -0.05) is 0 Å². The van der Waals surface area contributed by atoms with Gasteiger partial charge in [0.2, 0.25) is 0 Å². The average molecular weight is 545 g/mol. The molecule has 35 heavy (non-hydrogen) atoms. The van der Waals surface area contributed by atoms with Crippen LogP contribution in [0, 0.1) is 5.92 Å². The Kier molecular flexibility index (Phi) is 7.17. The molecule has 0 saturated carbocycles. The van der Waals surface area contributed by atoms with Crippen LogP contribution in [-0.2, 0) is 4.74 Å². The minimum Gasteiger partial charge on any atom is -0.496 e. The molecule has 0 radical (unpaired) electrons. The number of halogens is 1. The Morgan fingerprint density at radius 1 is 1.29 bits per heavy atom. The highest BCUT2D eigenvalue weighted by Gasteiger charge is 2.31. The lowest BCUT2D eigenvalue weighted by Gasteiger charge is -2.30. The predicted octanol–water partition coefficient (Wildman–Crippen LogP) is 4.27. The molecule has 1 amide bonds. The van der Waals surface area contributed by atoms with Crippen molar-refractivity contribution in [3.8, 4) is 17.0 Å². The van der Waals surface area contributed by atoms with Crippen LogP contribution in [-0.4, -0.2) is 57.5 Å². The molecule has 0 spiro atoms. The Hall–Kier alpha value is -2.76. The summed E-state index contributed by atoms with van der Waals surface area (Å²) in [5, 5.41) is 15.7. The van der Waals surface area contributed by atoms with Crippen molar-refractivity contribution in [2.75, 3.05) is 26.8 Å². The van der Waals surface area contributed by atoms with Gasteiger partial charge in [-0.25, -0.2) is 19.7 Å². The minimum atomic E-state index is -1.09. The molecule has 2 aromatic heterocycles. The van der Waals surface area contributed by atoms with E-state index in [2.05, 4.69) is 31.5 Å². The van der Waals surface area contributed by atoms with Gasteiger partial charge in [0.05, 0.1) is 24.0 Å². The lowest BCUT2D eigenvalue weighted by atomic mass is 9.89. The SMILES string of the molecule is COc1ccc(-c2nc(C(NC(=O)O)C3CCNCC3)nc3c2ncn3C2CCCCO2)cc1Br. The molecular weight excluding hydrogens is 516 g/mol. The summed E-state index contributed by atoms with van der Waals surface area (Å²) in [4.78, 5) is 26.3. The highest BCUT2D eigenvalue weighted by Crippen LogP contribution is 2.36. The summed E-state index contributed by atoms with van der Waals surface area (Å²) in [6.07, 6.45) is 5.16. The monoisotopic (exact) mass is 544 g/mol. The quantitative estimate of drug-likeness (QED) is 0.420. The van der Waals surface area contributed by atoms with Crippen molar-refractivity contribution < 1.29 is 19.4 Å². The smallest absolute Gasteiger partial charge is 0.405 e. The number of hydrogen-bond donors (Lipinski definition) is 3. The number of amides is 1. The Bertz CT molecular complexity index is 1210. The third-order valence-electron chi connectivity index (χ3n) is 6.74. The Labute approximate surface area is 211 Å². The average Bonchev–Trinajstić information content (AvgIpc) is 3.31. The number of aromatic nitrogens is 4. The van der Waals surface area contributed by atoms with E-state index in [-0.39, 0.29) is 12.1 Å². The highest BCUT2D eigenvalue weighted by atomic mass is 79.9. The molecule has 0 bridgehead atoms. The maximum absolute atomic E-state index is 11.8. The first-order valence-corrected chi connectivity index (χ1v) is 12.7. The molecule has 186 valence electrons. The fourth-order valence-electron chi connectivity index (χ4n) is 4.95. The summed E-state index contributed by atoms with van der Waals surface area (Å²) < 4.78 is 14.2. The number of nitrogens with one attached hydrogen (secondary N) is 2. The molecule has 5 rings (SSSR count). The van der Waals surface area contributed by atoms with E-state index in [4.69, 9.17) is 19.4 Å². The molecule has 11 heteroatoms. The van der Waals surface area contributed by atoms with Crippen molar-refractivity contribution >= 4 is 33.2 Å². The van der Waals surface area contributed by atoms with E-state index in [0.717, 1.165) is 55.2 Å². The second-order valence-corrected chi connectivity index (χ2v) is 9.79. The van der Waals surface area contributed by atoms with Crippen LogP contribution in [0.4, 0.5) is 4.79 Å². The van der Waals surface area contributed by atoms with Crippen LogP contribution in [0.25, 0.3) is 22.4 Å². The molecule has 2 aliphatic heterocycles. The molecular formula is C24H29BrN6O4. The van der Waals surface area contributed by atoms with Crippen molar-refractivity contribution in [3.05, 3.63) is 34.8 Å². The number of rotatable bonds is 6. The number of nitrogens with zero attached hydrogens (tertiary/aromatic N) is 4. The number of carbonyl (C=O) groups is 1. The second kappa shape index (κ2) is 10.5. The number of imidazole rings is 1. The van der Waals surface area contributed by atoms with Crippen LogP contribution in [0.5, 0.6) is 5.75 Å². The van der Waals surface area contributed by atoms with Gasteiger partial charge in [-0.2, -0.15) is 0 Å². The van der Waals surface area contributed by atoms with Crippen LogP contribution < -0.4 is 15.4 Å². The van der Waals surface area contributed by atoms with Crippen molar-refractivity contribution in [1.29, 1.82) is 0 Å². The number of piperidine rings is 1. The van der Waals surface area contributed by atoms with E-state index < -0.39 is 12.1 Å². The van der Waals surface area contributed by atoms with Gasteiger partial charge in [-0.15, -0.1) is 0 Å². The molecule has 3 aromatic rings. The lowest BCUT2D eigenvalue weighted by molar-refractivity contribution is -0.0298. The summed E-state index contributed by atoms with van der Waals surface area (Å²) in [5.74, 6) is 1.24. The summed E-state index contributed by atoms with van der Waals surface area (Å²) in [6, 6.07) is 5.20. The molecule has 2 fully saturated rings. The van der Waals surface area contributed by atoms with Crippen molar-refractivity contribution in [1.82, 2.24) is 30.2 Å². The summed E-state index contributed by atoms with van der Waals surface area (Å²) in [7, 11) is 1.62. The summed E-state index contributed by atoms with van der Waals surface area (Å²) >= 11 is 3.57. The van der Waals surface area contributed by atoms with Crippen LogP contribution in [0.15, 0.2) is 29.0 Å². The van der Waals surface area contributed by atoms with Gasteiger partial charge in [0.15, 0.2) is 11.5 Å². The van der Waals surface area contributed by atoms with E-state index >= 15 is 0 Å². The van der Waals surface area contributed by atoms with Gasteiger partial charge in [0.1, 0.15) is 23.2 Å². The minimum absolute atomic E-state index is 0.0857. The van der Waals surface area contributed by atoms with Gasteiger partial charge in [-0.3, -0.25) is 4.57 Å². The molecule has 0 aliphatic carbocycles. The zero-order valence-corrected chi connectivity index (χ0v) is 21.1. The standard InChI is InChI=1S/C24H29BrN6O4/c1-34-17-6-5-15(12-16(17)25)19-21-23(31(13-27-21)18-4-2-3-11-35-18)30-22(28-19)20(29-24(32)33)14-7-9-26-10-8-14/h5-6,12-14,18,20,26,29H,2-4,7-11H2,1H3,(H,32,33). The van der Waals surface area contributed by atoms with Gasteiger partial charge in [-0.05, 0) is 85.2 Å². The van der Waals surface area contributed by atoms with E-state index in [1.165, 1.54) is 0 Å². The van der Waals surface area contributed by atoms with E-state index in [1.807, 2.05) is 22.8 Å². The predicted molar refractivity (Wildman–Crippen MR) is 133 cm³/mol. The van der Waals surface area contributed by atoms with E-state index in [0.29, 0.717) is 35.0 Å². The first-order chi connectivity index (χ1) is 17.0. The number of benzene rings is 1. The zero-order valence-electron chi connectivity index (χ0n) is 19.5. The van der Waals surface area contributed by atoms with Crippen molar-refractivity contribution in [2.45, 2.75) is 44.4 Å². The summed E-state index contributed by atoms with van der Waals surface area (Å²) in [5.41, 5.74) is 2.78. The van der Waals surface area contributed by atoms with Crippen molar-refractivity contribution in [2.24, 2.45) is 5.92 Å². The molecule has 2 unspecified atom stereocenters. The number of hydrogen-bond acceptors (Lipinski definition) is 7. The molecule has 3 N–H and O–H groups in total. The second-order valence-electron chi connectivity index (χ2n) is 8.94. The molecule has 2 atom stereocenters. The first-order valence-electron chi connectivity index (χ1n) is 12.0. The van der Waals surface area contributed by atoms with E-state index in [9.17, 15) is 9.90 Å². The third kappa shape index (κ3) is 4.98. The highest BCUT2D eigenvalue weighted by molar-refractivity contribution is 9.10. The topological polar surface area (TPSA) is 123 Å². The Morgan fingerprint density at radius 3 is 2.80 bits per heavy atom. The fourth-order valence-corrected chi connectivity index (χ4v) is 5.49. The number of fused-ring (bicyclic) bond motifs is 1. The van der Waals surface area contributed by atoms with Gasteiger partial charge >= 0.3 is 6.09 Å². The van der Waals surface area contributed by atoms with Crippen LogP contribution in [0.3, 0.4) is 0 Å². The number of carboxylic acid groups (broad SMARTS) is 1. The van der Waals surface area contributed by atoms with Crippen LogP contribution >= 0.6 is 15.9 Å². The maximum atomic E-state index is 11.8. The largest absolute Gasteiger partial charge is 0.496 e.